The van der Waals surface area contributed by atoms with Gasteiger partial charge in [-0.15, -0.1) is 0 Å². The first kappa shape index (κ1) is 10.1. The van der Waals surface area contributed by atoms with Gasteiger partial charge in [0.25, 0.3) is 0 Å². The van der Waals surface area contributed by atoms with Crippen LogP contribution in [0.15, 0.2) is 0 Å². The molecule has 86 valence electrons. The molecule has 15 heavy (non-hydrogen) atoms. The van der Waals surface area contributed by atoms with E-state index in [4.69, 9.17) is 0 Å². The molecule has 0 spiro atoms. The average molecular weight is 208 g/mol. The molecule has 0 bridgehead atoms. The van der Waals surface area contributed by atoms with E-state index in [1.165, 1.54) is 64.6 Å². The van der Waals surface area contributed by atoms with Crippen molar-refractivity contribution < 1.29 is 0 Å². The summed E-state index contributed by atoms with van der Waals surface area (Å²) in [7, 11) is 0. The Hall–Kier alpha value is -0.0800. The zero-order valence-corrected chi connectivity index (χ0v) is 9.75. The number of hydrogen-bond donors (Lipinski definition) is 1. The minimum atomic E-state index is 0.819. The monoisotopic (exact) mass is 208 g/mol. The van der Waals surface area contributed by atoms with Crippen LogP contribution in [0, 0.1) is 5.92 Å². The Kier molecular flexibility index (Phi) is 2.98. The molecule has 0 radical (unpaired) electrons. The van der Waals surface area contributed by atoms with Gasteiger partial charge in [0.2, 0.25) is 0 Å². The quantitative estimate of drug-likeness (QED) is 0.709. The van der Waals surface area contributed by atoms with E-state index < -0.39 is 0 Å². The van der Waals surface area contributed by atoms with Crippen molar-refractivity contribution in [3.8, 4) is 0 Å². The molecule has 2 heteroatoms. The summed E-state index contributed by atoms with van der Waals surface area (Å²) in [4.78, 5) is 2.75. The van der Waals surface area contributed by atoms with Gasteiger partial charge in [0.1, 0.15) is 0 Å². The van der Waals surface area contributed by atoms with Crippen LogP contribution in [0.2, 0.25) is 0 Å². The van der Waals surface area contributed by atoms with E-state index in [1.807, 2.05) is 0 Å². The van der Waals surface area contributed by atoms with Gasteiger partial charge in [0.05, 0.1) is 0 Å². The van der Waals surface area contributed by atoms with Crippen LogP contribution in [0.25, 0.3) is 0 Å². The molecule has 3 rings (SSSR count). The van der Waals surface area contributed by atoms with Gasteiger partial charge in [-0.25, -0.2) is 0 Å². The minimum absolute atomic E-state index is 0.819. The predicted octanol–water partition coefficient (Wildman–Crippen LogP) is 2.00. The SMILES string of the molecule is C1CCC([C@H]2CN3CCC[C@H]3CN2)CC1. The lowest BCUT2D eigenvalue weighted by Gasteiger charge is -2.41. The first-order valence-electron chi connectivity index (χ1n) is 6.91. The van der Waals surface area contributed by atoms with Crippen LogP contribution in [-0.4, -0.2) is 36.6 Å². The van der Waals surface area contributed by atoms with E-state index in [9.17, 15) is 0 Å². The Labute approximate surface area is 93.4 Å². The van der Waals surface area contributed by atoms with Gasteiger partial charge >= 0.3 is 0 Å². The van der Waals surface area contributed by atoms with Gasteiger partial charge in [-0.3, -0.25) is 4.90 Å². The fraction of sp³-hybridized carbons (Fsp3) is 1.00. The summed E-state index contributed by atoms with van der Waals surface area (Å²) in [5.41, 5.74) is 0. The average Bonchev–Trinajstić information content (AvgIpc) is 2.77. The topological polar surface area (TPSA) is 15.3 Å². The normalized spacial score (nSPS) is 39.2. The maximum Gasteiger partial charge on any atom is 0.0224 e. The highest BCUT2D eigenvalue weighted by Crippen LogP contribution is 2.30. The van der Waals surface area contributed by atoms with Crippen LogP contribution in [0.5, 0.6) is 0 Å². The molecule has 0 aromatic heterocycles. The second-order valence-electron chi connectivity index (χ2n) is 5.70. The van der Waals surface area contributed by atoms with Crippen LogP contribution < -0.4 is 5.32 Å². The maximum atomic E-state index is 3.82. The zero-order chi connectivity index (χ0) is 10.1. The zero-order valence-electron chi connectivity index (χ0n) is 9.75. The molecule has 0 aromatic carbocycles. The van der Waals surface area contributed by atoms with Crippen LogP contribution in [-0.2, 0) is 0 Å². The third-order valence-electron chi connectivity index (χ3n) is 4.76. The van der Waals surface area contributed by atoms with Crippen LogP contribution in [0.4, 0.5) is 0 Å². The third-order valence-corrected chi connectivity index (χ3v) is 4.76. The highest BCUT2D eigenvalue weighted by Gasteiger charge is 2.34. The van der Waals surface area contributed by atoms with E-state index in [0.717, 1.165) is 18.0 Å². The van der Waals surface area contributed by atoms with Crippen LogP contribution >= 0.6 is 0 Å². The molecule has 1 aliphatic carbocycles. The second kappa shape index (κ2) is 4.42. The van der Waals surface area contributed by atoms with E-state index in [0.29, 0.717) is 0 Å². The molecule has 0 aromatic rings. The lowest BCUT2D eigenvalue weighted by molar-refractivity contribution is 0.127. The Balaban J connectivity index is 1.58. The molecule has 1 saturated carbocycles. The molecule has 1 N–H and O–H groups in total. The molecule has 2 saturated heterocycles. The lowest BCUT2D eigenvalue weighted by Crippen LogP contribution is -2.56. The fourth-order valence-electron chi connectivity index (χ4n) is 3.82. The van der Waals surface area contributed by atoms with Gasteiger partial charge in [-0.1, -0.05) is 19.3 Å². The van der Waals surface area contributed by atoms with Gasteiger partial charge in [-0.2, -0.15) is 0 Å². The smallest absolute Gasteiger partial charge is 0.0224 e. The first-order valence-corrected chi connectivity index (χ1v) is 6.91. The molecular weight excluding hydrogens is 184 g/mol. The number of nitrogens with one attached hydrogen (secondary N) is 1. The Morgan fingerprint density at radius 1 is 0.933 bits per heavy atom. The summed E-state index contributed by atoms with van der Waals surface area (Å²) in [6, 6.07) is 1.70. The number of rotatable bonds is 1. The van der Waals surface area contributed by atoms with Crippen molar-refractivity contribution in [1.29, 1.82) is 0 Å². The Morgan fingerprint density at radius 2 is 1.80 bits per heavy atom. The molecule has 3 fully saturated rings. The molecule has 2 heterocycles. The molecule has 3 aliphatic rings. The Bertz CT molecular complexity index is 211. The number of piperazine rings is 1. The standard InChI is InChI=1S/C13H24N2/c1-2-5-11(6-3-1)13-10-15-8-4-7-12(15)9-14-13/h11-14H,1-10H2/t12-,13+/m0/s1. The minimum Gasteiger partial charge on any atom is -0.311 e. The maximum absolute atomic E-state index is 3.82. The summed E-state index contributed by atoms with van der Waals surface area (Å²) >= 11 is 0. The molecule has 2 nitrogen and oxygen atoms in total. The summed E-state index contributed by atoms with van der Waals surface area (Å²) in [6.45, 7) is 3.98. The Morgan fingerprint density at radius 3 is 2.67 bits per heavy atom. The number of fused-ring (bicyclic) bond motifs is 1. The molecule has 2 aliphatic heterocycles. The van der Waals surface area contributed by atoms with Gasteiger partial charge in [0, 0.05) is 25.2 Å². The molecular formula is C13H24N2. The molecule has 0 amide bonds. The van der Waals surface area contributed by atoms with Crippen molar-refractivity contribution in [3.63, 3.8) is 0 Å². The summed E-state index contributed by atoms with van der Waals surface area (Å²) in [5.74, 6) is 0.986. The van der Waals surface area contributed by atoms with Crippen molar-refractivity contribution in [2.24, 2.45) is 5.92 Å². The van der Waals surface area contributed by atoms with Gasteiger partial charge in [-0.05, 0) is 38.1 Å². The lowest BCUT2D eigenvalue weighted by atomic mass is 9.83. The van der Waals surface area contributed by atoms with Crippen molar-refractivity contribution in [1.82, 2.24) is 10.2 Å². The first-order chi connectivity index (χ1) is 7.43. The second-order valence-corrected chi connectivity index (χ2v) is 5.70. The number of nitrogens with zero attached hydrogens (tertiary/aromatic N) is 1. The largest absolute Gasteiger partial charge is 0.311 e. The highest BCUT2D eigenvalue weighted by molar-refractivity contribution is 4.93. The molecule has 2 atom stereocenters. The predicted molar refractivity (Wildman–Crippen MR) is 63.0 cm³/mol. The van der Waals surface area contributed by atoms with Crippen LogP contribution in [0.1, 0.15) is 44.9 Å². The highest BCUT2D eigenvalue weighted by atomic mass is 15.2. The van der Waals surface area contributed by atoms with Gasteiger partial charge in [0.15, 0.2) is 0 Å². The van der Waals surface area contributed by atoms with Crippen molar-refractivity contribution in [3.05, 3.63) is 0 Å². The van der Waals surface area contributed by atoms with Gasteiger partial charge < -0.3 is 5.32 Å². The summed E-state index contributed by atoms with van der Waals surface area (Å²) in [5, 5.41) is 3.82. The van der Waals surface area contributed by atoms with Crippen LogP contribution in [0.3, 0.4) is 0 Å². The van der Waals surface area contributed by atoms with E-state index in [1.54, 1.807) is 0 Å². The summed E-state index contributed by atoms with van der Waals surface area (Å²) in [6.07, 6.45) is 10.3. The third kappa shape index (κ3) is 2.07. The van der Waals surface area contributed by atoms with E-state index in [-0.39, 0.29) is 0 Å². The molecule has 0 unspecified atom stereocenters. The fourth-order valence-corrected chi connectivity index (χ4v) is 3.82. The number of hydrogen-bond acceptors (Lipinski definition) is 2. The van der Waals surface area contributed by atoms with E-state index in [2.05, 4.69) is 10.2 Å². The van der Waals surface area contributed by atoms with Crippen molar-refractivity contribution >= 4 is 0 Å². The van der Waals surface area contributed by atoms with Crippen molar-refractivity contribution in [2.75, 3.05) is 19.6 Å². The van der Waals surface area contributed by atoms with Crippen molar-refractivity contribution in [2.45, 2.75) is 57.0 Å². The summed E-state index contributed by atoms with van der Waals surface area (Å²) < 4.78 is 0. The van der Waals surface area contributed by atoms with E-state index >= 15 is 0 Å².